The molecule has 1 aliphatic carbocycles. The summed E-state index contributed by atoms with van der Waals surface area (Å²) >= 11 is 0. The molecule has 28 heavy (non-hydrogen) atoms. The van der Waals surface area contributed by atoms with Crippen LogP contribution in [0.4, 0.5) is 0 Å². The van der Waals surface area contributed by atoms with E-state index in [4.69, 9.17) is 13.6 Å². The van der Waals surface area contributed by atoms with Gasteiger partial charge in [0.15, 0.2) is 22.2 Å². The van der Waals surface area contributed by atoms with Crippen molar-refractivity contribution in [3.8, 4) is 0 Å². The lowest BCUT2D eigenvalue weighted by Crippen LogP contribution is -2.62. The van der Waals surface area contributed by atoms with Crippen LogP contribution in [0.25, 0.3) is 0 Å². The van der Waals surface area contributed by atoms with E-state index >= 15 is 0 Å². The fraction of sp³-hybridized carbons (Fsp3) is 0.950. The third kappa shape index (κ3) is 5.46. The molecule has 0 aromatic heterocycles. The molecule has 0 heterocycles. The summed E-state index contributed by atoms with van der Waals surface area (Å²) in [4.78, 5) is 12.4. The van der Waals surface area contributed by atoms with Crippen molar-refractivity contribution in [2.45, 2.75) is 115 Å². The summed E-state index contributed by atoms with van der Waals surface area (Å²) in [5.41, 5.74) is -1.73. The number of carbonyl (C=O) groups excluding carboxylic acids is 1. The van der Waals surface area contributed by atoms with Gasteiger partial charge in [0.05, 0.1) is 19.3 Å². The number of methoxy groups -OCH3 is 1. The number of hydrogen-bond acceptors (Lipinski definition) is 6. The Bertz CT molecular complexity index is 524. The summed E-state index contributed by atoms with van der Waals surface area (Å²) < 4.78 is 17.7. The predicted molar refractivity (Wildman–Crippen MR) is 116 cm³/mol. The van der Waals surface area contributed by atoms with Crippen molar-refractivity contribution in [3.05, 3.63) is 0 Å². The van der Waals surface area contributed by atoms with Crippen LogP contribution in [0.5, 0.6) is 0 Å². The maximum atomic E-state index is 12.4. The molecule has 0 bridgehead atoms. The van der Waals surface area contributed by atoms with Crippen molar-refractivity contribution >= 4 is 22.6 Å². The predicted octanol–water partition coefficient (Wildman–Crippen LogP) is 3.83. The second kappa shape index (κ2) is 8.11. The minimum absolute atomic E-state index is 0.00467. The first kappa shape index (κ1) is 25.8. The Morgan fingerprint density at radius 1 is 0.893 bits per heavy atom. The van der Waals surface area contributed by atoms with Crippen LogP contribution in [-0.2, 0) is 18.4 Å². The third-order valence-electron chi connectivity index (χ3n) is 6.91. The van der Waals surface area contributed by atoms with Crippen molar-refractivity contribution < 1.29 is 28.6 Å². The van der Waals surface area contributed by atoms with E-state index in [0.29, 0.717) is 0 Å². The highest BCUT2D eigenvalue weighted by Crippen LogP contribution is 2.44. The molecule has 0 aromatic carbocycles. The first-order chi connectivity index (χ1) is 12.3. The van der Waals surface area contributed by atoms with Gasteiger partial charge in [-0.15, -0.1) is 0 Å². The molecule has 6 nitrogen and oxygen atoms in total. The van der Waals surface area contributed by atoms with Crippen LogP contribution in [-0.4, -0.2) is 63.8 Å². The minimum atomic E-state index is -2.23. The van der Waals surface area contributed by atoms with Gasteiger partial charge in [0, 0.05) is 12.8 Å². The molecule has 0 unspecified atom stereocenters. The van der Waals surface area contributed by atoms with Gasteiger partial charge in [0.2, 0.25) is 0 Å². The highest BCUT2D eigenvalue weighted by Gasteiger charge is 2.55. The summed E-state index contributed by atoms with van der Waals surface area (Å²) in [6.45, 7) is 21.1. The lowest BCUT2D eigenvalue weighted by molar-refractivity contribution is -0.186. The quantitative estimate of drug-likeness (QED) is 0.505. The topological polar surface area (TPSA) is 85.2 Å². The van der Waals surface area contributed by atoms with E-state index < -0.39 is 46.5 Å². The second-order valence-electron chi connectivity index (χ2n) is 11.3. The fourth-order valence-corrected chi connectivity index (χ4v) is 5.59. The normalized spacial score (nSPS) is 30.2. The SMILES string of the molecule is COC(=O)C1(O)C[C@@H](O[Si](C)(C)C(C)(C)C)C(O)[C@H](O[Si](C)(C)C(C)(C)C)C1. The zero-order valence-corrected chi connectivity index (χ0v) is 21.7. The number of ether oxygens (including phenoxy) is 1. The lowest BCUT2D eigenvalue weighted by atomic mass is 9.80. The van der Waals surface area contributed by atoms with Crippen LogP contribution in [0, 0.1) is 0 Å². The van der Waals surface area contributed by atoms with Gasteiger partial charge in [-0.1, -0.05) is 41.5 Å². The van der Waals surface area contributed by atoms with Crippen molar-refractivity contribution in [2.75, 3.05) is 7.11 Å². The molecule has 0 spiro atoms. The van der Waals surface area contributed by atoms with Crippen LogP contribution in [0.15, 0.2) is 0 Å². The molecule has 0 amide bonds. The maximum Gasteiger partial charge on any atom is 0.338 e. The molecule has 0 aliphatic heterocycles. The summed E-state index contributed by atoms with van der Waals surface area (Å²) in [7, 11) is -3.21. The van der Waals surface area contributed by atoms with Gasteiger partial charge in [0.1, 0.15) is 6.10 Å². The minimum Gasteiger partial charge on any atom is -0.467 e. The van der Waals surface area contributed by atoms with E-state index in [1.54, 1.807) is 0 Å². The molecule has 166 valence electrons. The molecule has 1 rings (SSSR count). The van der Waals surface area contributed by atoms with Crippen LogP contribution in [0.2, 0.25) is 36.3 Å². The zero-order chi connectivity index (χ0) is 22.3. The average molecular weight is 435 g/mol. The van der Waals surface area contributed by atoms with Crippen LogP contribution >= 0.6 is 0 Å². The van der Waals surface area contributed by atoms with Crippen LogP contribution in [0.3, 0.4) is 0 Å². The van der Waals surface area contributed by atoms with E-state index in [2.05, 4.69) is 67.7 Å². The molecule has 2 atom stereocenters. The Morgan fingerprint density at radius 3 is 1.46 bits per heavy atom. The summed E-state index contributed by atoms with van der Waals surface area (Å²) in [5, 5.41) is 22.1. The van der Waals surface area contributed by atoms with Crippen molar-refractivity contribution in [2.24, 2.45) is 0 Å². The molecule has 0 aromatic rings. The van der Waals surface area contributed by atoms with Gasteiger partial charge in [-0.25, -0.2) is 4.79 Å². The first-order valence-corrected chi connectivity index (χ1v) is 15.9. The molecule has 2 N–H and O–H groups in total. The monoisotopic (exact) mass is 434 g/mol. The maximum absolute atomic E-state index is 12.4. The average Bonchev–Trinajstić information content (AvgIpc) is 2.48. The summed E-state index contributed by atoms with van der Waals surface area (Å²) in [5.74, 6) is -0.702. The van der Waals surface area contributed by atoms with Gasteiger partial charge in [-0.05, 0) is 36.3 Å². The second-order valence-corrected chi connectivity index (χ2v) is 20.8. The van der Waals surface area contributed by atoms with Gasteiger partial charge < -0.3 is 23.8 Å². The van der Waals surface area contributed by atoms with Crippen molar-refractivity contribution in [3.63, 3.8) is 0 Å². The van der Waals surface area contributed by atoms with Crippen molar-refractivity contribution in [1.82, 2.24) is 0 Å². The summed E-state index contributed by atoms with van der Waals surface area (Å²) in [6, 6.07) is 0. The molecular weight excluding hydrogens is 392 g/mol. The highest BCUT2D eigenvalue weighted by molar-refractivity contribution is 6.74. The number of rotatable bonds is 5. The van der Waals surface area contributed by atoms with Gasteiger partial charge in [-0.2, -0.15) is 0 Å². The van der Waals surface area contributed by atoms with Gasteiger partial charge in [0.25, 0.3) is 0 Å². The Kier molecular flexibility index (Phi) is 7.47. The lowest BCUT2D eigenvalue weighted by Gasteiger charge is -2.49. The number of aliphatic hydroxyl groups is 2. The Morgan fingerprint density at radius 2 is 1.21 bits per heavy atom. The van der Waals surface area contributed by atoms with Crippen LogP contribution in [0.1, 0.15) is 54.4 Å². The number of aliphatic hydroxyl groups excluding tert-OH is 1. The Balaban J connectivity index is 3.25. The molecule has 1 saturated carbocycles. The molecule has 0 radical (unpaired) electrons. The van der Waals surface area contributed by atoms with E-state index in [-0.39, 0.29) is 22.9 Å². The summed E-state index contributed by atoms with van der Waals surface area (Å²) in [6.07, 6.45) is -2.27. The molecule has 1 fully saturated rings. The fourth-order valence-electron chi connectivity index (χ4n) is 2.92. The van der Waals surface area contributed by atoms with Crippen LogP contribution < -0.4 is 0 Å². The van der Waals surface area contributed by atoms with E-state index in [0.717, 1.165) is 0 Å². The number of hydrogen-bond donors (Lipinski definition) is 2. The third-order valence-corrected chi connectivity index (χ3v) is 15.9. The van der Waals surface area contributed by atoms with E-state index in [1.165, 1.54) is 7.11 Å². The van der Waals surface area contributed by atoms with Crippen molar-refractivity contribution in [1.29, 1.82) is 0 Å². The van der Waals surface area contributed by atoms with Gasteiger partial charge >= 0.3 is 5.97 Å². The van der Waals surface area contributed by atoms with Gasteiger partial charge in [-0.3, -0.25) is 0 Å². The molecule has 8 heteroatoms. The number of carbonyl (C=O) groups is 1. The smallest absolute Gasteiger partial charge is 0.338 e. The van der Waals surface area contributed by atoms with E-state index in [9.17, 15) is 15.0 Å². The van der Waals surface area contributed by atoms with E-state index in [1.807, 2.05) is 0 Å². The molecule has 1 aliphatic rings. The largest absolute Gasteiger partial charge is 0.467 e. The molecular formula is C20H42O6Si2. The molecule has 0 saturated heterocycles. The first-order valence-electron chi connectivity index (χ1n) is 10.1. The Labute approximate surface area is 173 Å². The standard InChI is InChI=1S/C20H42O6Si2/c1-18(2,3)27(8,9)25-14-12-20(23,17(22)24-7)13-15(16(14)21)26-28(10,11)19(4,5)6/h14-16,21,23H,12-13H2,1-11H3/t14-,15-,16?,20?/m1/s1. The zero-order valence-electron chi connectivity index (χ0n) is 19.7. The Hall–Kier alpha value is -0.256. The highest BCUT2D eigenvalue weighted by atomic mass is 28.4. The number of esters is 1.